The minimum Gasteiger partial charge on any atom is -0.351 e. The summed E-state index contributed by atoms with van der Waals surface area (Å²) >= 11 is 0. The molecule has 0 aliphatic heterocycles. The Hall–Kier alpha value is -2.78. The number of aryl methyl sites for hydroxylation is 1. The smallest absolute Gasteiger partial charge is 0.271 e. The van der Waals surface area contributed by atoms with Crippen LogP contribution in [0, 0.1) is 6.92 Å². The Bertz CT molecular complexity index is 979. The van der Waals surface area contributed by atoms with E-state index in [4.69, 9.17) is 0 Å². The van der Waals surface area contributed by atoms with Gasteiger partial charge in [0.15, 0.2) is 11.3 Å². The maximum atomic E-state index is 12.1. The first-order chi connectivity index (χ1) is 12.5. The number of hydrogen-bond donors (Lipinski definition) is 2. The molecule has 0 saturated carbocycles. The van der Waals surface area contributed by atoms with Crippen LogP contribution in [0.5, 0.6) is 0 Å². The Morgan fingerprint density at radius 3 is 2.69 bits per heavy atom. The van der Waals surface area contributed by atoms with E-state index in [-0.39, 0.29) is 23.0 Å². The molecule has 1 amide bonds. The molecule has 8 nitrogen and oxygen atoms in total. The molecule has 3 rings (SSSR count). The van der Waals surface area contributed by atoms with Crippen LogP contribution in [0.1, 0.15) is 22.5 Å². The van der Waals surface area contributed by atoms with Gasteiger partial charge in [-0.2, -0.15) is 5.10 Å². The number of nitrogens with one attached hydrogen (secondary N) is 2. The van der Waals surface area contributed by atoms with Crippen molar-refractivity contribution in [2.45, 2.75) is 18.2 Å². The minimum absolute atomic E-state index is 0.225. The highest BCUT2D eigenvalue weighted by molar-refractivity contribution is 7.89. The van der Waals surface area contributed by atoms with Crippen LogP contribution < -0.4 is 10.0 Å². The van der Waals surface area contributed by atoms with Crippen molar-refractivity contribution in [2.24, 2.45) is 0 Å². The van der Waals surface area contributed by atoms with E-state index in [1.54, 1.807) is 48.8 Å². The molecular weight excluding hydrogens is 354 g/mol. The molecule has 2 aromatic heterocycles. The molecule has 1 aromatic carbocycles. The first-order valence-corrected chi connectivity index (χ1v) is 9.59. The number of amides is 1. The van der Waals surface area contributed by atoms with Gasteiger partial charge in [0.2, 0.25) is 10.0 Å². The minimum atomic E-state index is -3.53. The van der Waals surface area contributed by atoms with Crippen molar-refractivity contribution in [1.82, 2.24) is 24.6 Å². The molecule has 0 spiro atoms. The molecule has 0 bridgehead atoms. The lowest BCUT2D eigenvalue weighted by atomic mass is 10.2. The van der Waals surface area contributed by atoms with Gasteiger partial charge in [-0.25, -0.2) is 22.6 Å². The molecule has 9 heteroatoms. The molecule has 2 N–H and O–H groups in total. The first-order valence-electron chi connectivity index (χ1n) is 8.11. The Kier molecular flexibility index (Phi) is 5.29. The van der Waals surface area contributed by atoms with E-state index in [2.05, 4.69) is 20.1 Å². The highest BCUT2D eigenvalue weighted by Crippen LogP contribution is 2.09. The van der Waals surface area contributed by atoms with Crippen LogP contribution in [-0.2, 0) is 10.0 Å². The molecule has 2 heterocycles. The zero-order valence-corrected chi connectivity index (χ0v) is 15.0. The van der Waals surface area contributed by atoms with Crippen molar-refractivity contribution >= 4 is 21.6 Å². The monoisotopic (exact) mass is 373 g/mol. The van der Waals surface area contributed by atoms with Gasteiger partial charge in [0, 0.05) is 31.5 Å². The highest BCUT2D eigenvalue weighted by Gasteiger charge is 2.13. The number of fused-ring (bicyclic) bond motifs is 1. The molecule has 0 aliphatic carbocycles. The quantitative estimate of drug-likeness (QED) is 0.604. The zero-order chi connectivity index (χ0) is 18.6. The second kappa shape index (κ2) is 7.63. The van der Waals surface area contributed by atoms with Crippen LogP contribution in [0.2, 0.25) is 0 Å². The van der Waals surface area contributed by atoms with E-state index in [0.717, 1.165) is 5.56 Å². The summed E-state index contributed by atoms with van der Waals surface area (Å²) in [6, 6.07) is 9.95. The summed E-state index contributed by atoms with van der Waals surface area (Å²) in [6.45, 7) is 2.45. The predicted molar refractivity (Wildman–Crippen MR) is 96.3 cm³/mol. The normalized spacial score (nSPS) is 11.6. The van der Waals surface area contributed by atoms with Crippen molar-refractivity contribution in [1.29, 1.82) is 0 Å². The van der Waals surface area contributed by atoms with Crippen LogP contribution in [0.4, 0.5) is 0 Å². The summed E-state index contributed by atoms with van der Waals surface area (Å²) in [5, 5.41) is 6.84. The molecule has 3 aromatic rings. The Balaban J connectivity index is 1.46. The van der Waals surface area contributed by atoms with Crippen molar-refractivity contribution < 1.29 is 13.2 Å². The fourth-order valence-electron chi connectivity index (χ4n) is 2.33. The number of rotatable bonds is 7. The lowest BCUT2D eigenvalue weighted by molar-refractivity contribution is 0.0948. The fourth-order valence-corrected chi connectivity index (χ4v) is 3.40. The maximum Gasteiger partial charge on any atom is 0.271 e. The standard InChI is InChI=1S/C17H19N5O3S/c1-13-4-6-14(7-5-13)26(24,25)20-10-2-8-19-17(23)15-12-16-18-9-3-11-22(16)21-15/h3-7,9,11-12,20H,2,8,10H2,1H3,(H,19,23). The Labute approximate surface area is 151 Å². The number of benzene rings is 1. The van der Waals surface area contributed by atoms with Gasteiger partial charge in [-0.05, 0) is 31.5 Å². The molecular formula is C17H19N5O3S. The van der Waals surface area contributed by atoms with Gasteiger partial charge in [-0.3, -0.25) is 4.79 Å². The van der Waals surface area contributed by atoms with E-state index < -0.39 is 10.0 Å². The van der Waals surface area contributed by atoms with Crippen LogP contribution in [0.15, 0.2) is 53.7 Å². The Morgan fingerprint density at radius 1 is 1.19 bits per heavy atom. The van der Waals surface area contributed by atoms with Crippen LogP contribution >= 0.6 is 0 Å². The number of carbonyl (C=O) groups is 1. The van der Waals surface area contributed by atoms with Gasteiger partial charge in [-0.1, -0.05) is 17.7 Å². The largest absolute Gasteiger partial charge is 0.351 e. The molecule has 0 aliphatic rings. The molecule has 0 radical (unpaired) electrons. The number of carbonyl (C=O) groups excluding carboxylic acids is 1. The van der Waals surface area contributed by atoms with Crippen molar-refractivity contribution in [3.05, 3.63) is 60.0 Å². The second-order valence-electron chi connectivity index (χ2n) is 5.77. The number of nitrogens with zero attached hydrogens (tertiary/aromatic N) is 3. The average molecular weight is 373 g/mol. The summed E-state index contributed by atoms with van der Waals surface area (Å²) in [7, 11) is -3.53. The molecule has 0 unspecified atom stereocenters. The molecule has 0 saturated heterocycles. The first kappa shape index (κ1) is 18.0. The van der Waals surface area contributed by atoms with Gasteiger partial charge >= 0.3 is 0 Å². The number of aromatic nitrogens is 3. The zero-order valence-electron chi connectivity index (χ0n) is 14.2. The number of sulfonamides is 1. The van der Waals surface area contributed by atoms with Gasteiger partial charge in [-0.15, -0.1) is 0 Å². The average Bonchev–Trinajstić information content (AvgIpc) is 3.06. The predicted octanol–water partition coefficient (Wildman–Crippen LogP) is 1.14. The van der Waals surface area contributed by atoms with Crippen molar-refractivity contribution in [3.63, 3.8) is 0 Å². The van der Waals surface area contributed by atoms with E-state index in [1.807, 2.05) is 6.92 Å². The third-order valence-corrected chi connectivity index (χ3v) is 5.21. The fraction of sp³-hybridized carbons (Fsp3) is 0.235. The lowest BCUT2D eigenvalue weighted by Crippen LogP contribution is -2.30. The van der Waals surface area contributed by atoms with Crippen LogP contribution in [0.25, 0.3) is 5.65 Å². The van der Waals surface area contributed by atoms with E-state index in [0.29, 0.717) is 18.6 Å². The van der Waals surface area contributed by atoms with Crippen LogP contribution in [-0.4, -0.2) is 42.0 Å². The molecule has 26 heavy (non-hydrogen) atoms. The summed E-state index contributed by atoms with van der Waals surface area (Å²) < 4.78 is 28.3. The van der Waals surface area contributed by atoms with Crippen LogP contribution in [0.3, 0.4) is 0 Å². The SMILES string of the molecule is Cc1ccc(S(=O)(=O)NCCCNC(=O)c2cc3ncccn3n2)cc1. The number of hydrogen-bond acceptors (Lipinski definition) is 5. The summed E-state index contributed by atoms with van der Waals surface area (Å²) in [5.41, 5.74) is 1.85. The molecule has 0 atom stereocenters. The summed E-state index contributed by atoms with van der Waals surface area (Å²) in [5.74, 6) is -0.322. The molecule has 136 valence electrons. The Morgan fingerprint density at radius 2 is 1.96 bits per heavy atom. The third kappa shape index (κ3) is 4.24. The summed E-state index contributed by atoms with van der Waals surface area (Å²) in [4.78, 5) is 16.4. The van der Waals surface area contributed by atoms with Gasteiger partial charge in [0.1, 0.15) is 0 Å². The highest BCUT2D eigenvalue weighted by atomic mass is 32.2. The van der Waals surface area contributed by atoms with E-state index in [9.17, 15) is 13.2 Å². The molecule has 0 fully saturated rings. The van der Waals surface area contributed by atoms with Gasteiger partial charge in [0.25, 0.3) is 5.91 Å². The maximum absolute atomic E-state index is 12.1. The van der Waals surface area contributed by atoms with E-state index >= 15 is 0 Å². The van der Waals surface area contributed by atoms with Gasteiger partial charge < -0.3 is 5.32 Å². The van der Waals surface area contributed by atoms with Gasteiger partial charge in [0.05, 0.1) is 4.90 Å². The van der Waals surface area contributed by atoms with Crippen molar-refractivity contribution in [3.8, 4) is 0 Å². The summed E-state index contributed by atoms with van der Waals surface area (Å²) in [6.07, 6.45) is 3.79. The second-order valence-corrected chi connectivity index (χ2v) is 7.54. The topological polar surface area (TPSA) is 105 Å². The van der Waals surface area contributed by atoms with E-state index in [1.165, 1.54) is 4.52 Å². The van der Waals surface area contributed by atoms with Crippen molar-refractivity contribution in [2.75, 3.05) is 13.1 Å². The lowest BCUT2D eigenvalue weighted by Gasteiger charge is -2.07. The third-order valence-electron chi connectivity index (χ3n) is 3.73.